The number of halogens is 2. The molecule has 1 fully saturated rings. The predicted molar refractivity (Wildman–Crippen MR) is 94.4 cm³/mol. The first-order chi connectivity index (χ1) is 10.2. The zero-order valence-electron chi connectivity index (χ0n) is 12.1. The molecular weight excluding hydrogens is 386 g/mol. The summed E-state index contributed by atoms with van der Waals surface area (Å²) in [6, 6.07) is 8.29. The molecule has 1 aromatic carbocycles. The van der Waals surface area contributed by atoms with Gasteiger partial charge in [0.2, 0.25) is 5.89 Å². The average molecular weight is 405 g/mol. The van der Waals surface area contributed by atoms with Crippen LogP contribution in [0.4, 0.5) is 0 Å². The molecule has 1 aliphatic rings. The van der Waals surface area contributed by atoms with Crippen LogP contribution in [0.5, 0.6) is 0 Å². The monoisotopic (exact) mass is 403 g/mol. The topological polar surface area (TPSA) is 64.9 Å². The first-order valence-electron chi connectivity index (χ1n) is 7.16. The largest absolute Gasteiger partial charge is 0.339 e. The number of thioether (sulfide) groups is 1. The Morgan fingerprint density at radius 1 is 1.23 bits per heavy atom. The van der Waals surface area contributed by atoms with Crippen LogP contribution in [-0.2, 0) is 12.0 Å². The van der Waals surface area contributed by atoms with E-state index in [1.54, 1.807) is 11.8 Å². The molecule has 2 N–H and O–H groups in total. The van der Waals surface area contributed by atoms with Crippen molar-refractivity contribution >= 4 is 40.1 Å². The SMILES string of the molecule is Cl.NC1(c2noc(CCSc3ccc(Br)cc3)n2)CCCC1. The third-order valence-corrected chi connectivity index (χ3v) is 5.35. The fraction of sp³-hybridized carbons (Fsp3) is 0.467. The molecule has 1 heterocycles. The molecule has 0 unspecified atom stereocenters. The van der Waals surface area contributed by atoms with Gasteiger partial charge in [-0.2, -0.15) is 4.98 Å². The van der Waals surface area contributed by atoms with E-state index in [0.717, 1.165) is 42.3 Å². The van der Waals surface area contributed by atoms with Gasteiger partial charge in [-0.1, -0.05) is 33.9 Å². The second-order valence-corrected chi connectivity index (χ2v) is 7.51. The van der Waals surface area contributed by atoms with Crippen molar-refractivity contribution in [2.24, 2.45) is 5.73 Å². The van der Waals surface area contributed by atoms with Gasteiger partial charge in [0.15, 0.2) is 5.82 Å². The number of benzene rings is 1. The van der Waals surface area contributed by atoms with Gasteiger partial charge >= 0.3 is 0 Å². The molecular formula is C15H19BrClN3OS. The van der Waals surface area contributed by atoms with Gasteiger partial charge in [-0.25, -0.2) is 0 Å². The van der Waals surface area contributed by atoms with Crippen LogP contribution in [-0.4, -0.2) is 15.9 Å². The van der Waals surface area contributed by atoms with E-state index in [2.05, 4.69) is 38.2 Å². The fourth-order valence-corrected chi connectivity index (χ4v) is 3.68. The van der Waals surface area contributed by atoms with Crippen molar-refractivity contribution < 1.29 is 4.52 Å². The summed E-state index contributed by atoms with van der Waals surface area (Å²) in [4.78, 5) is 5.73. The van der Waals surface area contributed by atoms with Gasteiger partial charge in [0.05, 0.1) is 5.54 Å². The molecule has 3 rings (SSSR count). The van der Waals surface area contributed by atoms with E-state index in [0.29, 0.717) is 11.7 Å². The van der Waals surface area contributed by atoms with Gasteiger partial charge in [0.1, 0.15) is 0 Å². The summed E-state index contributed by atoms with van der Waals surface area (Å²) >= 11 is 5.22. The Labute approximate surface area is 149 Å². The molecule has 22 heavy (non-hydrogen) atoms. The number of aromatic nitrogens is 2. The molecule has 1 aromatic heterocycles. The highest BCUT2D eigenvalue weighted by Crippen LogP contribution is 2.34. The summed E-state index contributed by atoms with van der Waals surface area (Å²) in [5.41, 5.74) is 5.97. The first kappa shape index (κ1) is 17.8. The Balaban J connectivity index is 0.00000176. The molecule has 0 amide bonds. The lowest BCUT2D eigenvalue weighted by atomic mass is 9.99. The van der Waals surface area contributed by atoms with Crippen molar-refractivity contribution in [1.82, 2.24) is 10.1 Å². The number of hydrogen-bond donors (Lipinski definition) is 1. The minimum Gasteiger partial charge on any atom is -0.339 e. The maximum atomic E-state index is 6.33. The van der Waals surface area contributed by atoms with Crippen molar-refractivity contribution in [3.05, 3.63) is 40.5 Å². The van der Waals surface area contributed by atoms with Crippen LogP contribution >= 0.6 is 40.1 Å². The highest BCUT2D eigenvalue weighted by atomic mass is 79.9. The van der Waals surface area contributed by atoms with Crippen molar-refractivity contribution in [1.29, 1.82) is 0 Å². The molecule has 7 heteroatoms. The average Bonchev–Trinajstić information content (AvgIpc) is 3.11. The van der Waals surface area contributed by atoms with Crippen LogP contribution in [0.15, 0.2) is 38.2 Å². The lowest BCUT2D eigenvalue weighted by molar-refractivity contribution is 0.351. The first-order valence-corrected chi connectivity index (χ1v) is 8.94. The predicted octanol–water partition coefficient (Wildman–Crippen LogP) is 4.32. The molecule has 4 nitrogen and oxygen atoms in total. The van der Waals surface area contributed by atoms with Crippen molar-refractivity contribution in [2.75, 3.05) is 5.75 Å². The van der Waals surface area contributed by atoms with Gasteiger partial charge in [0.25, 0.3) is 0 Å². The van der Waals surface area contributed by atoms with Gasteiger partial charge in [-0.15, -0.1) is 24.2 Å². The Bertz CT molecular complexity index is 599. The van der Waals surface area contributed by atoms with Gasteiger partial charge in [-0.05, 0) is 37.1 Å². The number of nitrogens with zero attached hydrogens (tertiary/aromatic N) is 2. The normalized spacial score (nSPS) is 16.5. The zero-order valence-corrected chi connectivity index (χ0v) is 15.3. The van der Waals surface area contributed by atoms with E-state index in [-0.39, 0.29) is 17.9 Å². The summed E-state index contributed by atoms with van der Waals surface area (Å²) in [5.74, 6) is 2.29. The smallest absolute Gasteiger partial charge is 0.227 e. The molecule has 0 radical (unpaired) electrons. The maximum absolute atomic E-state index is 6.33. The number of hydrogen-bond acceptors (Lipinski definition) is 5. The lowest BCUT2D eigenvalue weighted by Crippen LogP contribution is -2.34. The van der Waals surface area contributed by atoms with E-state index >= 15 is 0 Å². The summed E-state index contributed by atoms with van der Waals surface area (Å²) < 4.78 is 6.43. The fourth-order valence-electron chi connectivity index (χ4n) is 2.58. The van der Waals surface area contributed by atoms with Crippen molar-refractivity contribution in [3.8, 4) is 0 Å². The third-order valence-electron chi connectivity index (χ3n) is 3.81. The highest BCUT2D eigenvalue weighted by Gasteiger charge is 2.35. The van der Waals surface area contributed by atoms with E-state index in [9.17, 15) is 0 Å². The standard InChI is InChI=1S/C15H18BrN3OS.ClH/c16-11-3-5-12(6-4-11)21-10-7-13-18-14(19-20-13)15(17)8-1-2-9-15;/h3-6H,1-2,7-10,17H2;1H. The molecule has 2 aromatic rings. The summed E-state index contributed by atoms with van der Waals surface area (Å²) in [7, 11) is 0. The van der Waals surface area contributed by atoms with Gasteiger partial charge in [-0.3, -0.25) is 0 Å². The van der Waals surface area contributed by atoms with Crippen LogP contribution < -0.4 is 5.73 Å². The molecule has 0 saturated heterocycles. The number of aryl methyl sites for hydroxylation is 1. The van der Waals surface area contributed by atoms with Crippen LogP contribution in [0.3, 0.4) is 0 Å². The molecule has 0 bridgehead atoms. The van der Waals surface area contributed by atoms with Crippen LogP contribution in [0.25, 0.3) is 0 Å². The van der Waals surface area contributed by atoms with E-state index in [1.165, 1.54) is 4.90 Å². The van der Waals surface area contributed by atoms with Crippen molar-refractivity contribution in [3.63, 3.8) is 0 Å². The van der Waals surface area contributed by atoms with Crippen molar-refractivity contribution in [2.45, 2.75) is 42.5 Å². The van der Waals surface area contributed by atoms with E-state index < -0.39 is 0 Å². The molecule has 1 saturated carbocycles. The van der Waals surface area contributed by atoms with Crippen LogP contribution in [0.2, 0.25) is 0 Å². The summed E-state index contributed by atoms with van der Waals surface area (Å²) in [6.45, 7) is 0. The summed E-state index contributed by atoms with van der Waals surface area (Å²) in [5, 5.41) is 4.08. The highest BCUT2D eigenvalue weighted by molar-refractivity contribution is 9.10. The quantitative estimate of drug-likeness (QED) is 0.752. The number of rotatable bonds is 5. The Morgan fingerprint density at radius 2 is 1.91 bits per heavy atom. The molecule has 1 aliphatic carbocycles. The Hall–Kier alpha value is -0.560. The summed E-state index contributed by atoms with van der Waals surface area (Å²) in [6.07, 6.45) is 4.99. The van der Waals surface area contributed by atoms with E-state index in [1.807, 2.05) is 12.1 Å². The third kappa shape index (κ3) is 4.25. The molecule has 0 spiro atoms. The molecule has 0 atom stereocenters. The van der Waals surface area contributed by atoms with Crippen LogP contribution in [0.1, 0.15) is 37.4 Å². The van der Waals surface area contributed by atoms with Crippen LogP contribution in [0, 0.1) is 0 Å². The maximum Gasteiger partial charge on any atom is 0.227 e. The van der Waals surface area contributed by atoms with Gasteiger partial charge in [0, 0.05) is 21.5 Å². The minimum atomic E-state index is -0.361. The minimum absolute atomic E-state index is 0. The van der Waals surface area contributed by atoms with E-state index in [4.69, 9.17) is 10.3 Å². The second-order valence-electron chi connectivity index (χ2n) is 5.43. The van der Waals surface area contributed by atoms with Gasteiger partial charge < -0.3 is 10.3 Å². The molecule has 0 aliphatic heterocycles. The molecule has 120 valence electrons. The zero-order chi connectivity index (χ0) is 14.7. The second kappa shape index (κ2) is 7.81. The number of nitrogens with two attached hydrogens (primary N) is 1. The Kier molecular flexibility index (Phi) is 6.32. The Morgan fingerprint density at radius 3 is 2.59 bits per heavy atom. The lowest BCUT2D eigenvalue weighted by Gasteiger charge is -2.17.